The molecule has 0 bridgehead atoms. The molecule has 15 heavy (non-hydrogen) atoms. The molecule has 82 valence electrons. The molecule has 0 saturated carbocycles. The molecule has 0 radical (unpaired) electrons. The molecule has 3 N–H and O–H groups in total. The molecule has 0 aliphatic carbocycles. The molecule has 0 aliphatic heterocycles. The summed E-state index contributed by atoms with van der Waals surface area (Å²) in [6.07, 6.45) is 0.248. The fourth-order valence-electron chi connectivity index (χ4n) is 0.920. The first-order valence-corrected chi connectivity index (χ1v) is 4.60. The number of nitrogens with one attached hydrogen (secondary N) is 1. The highest BCUT2D eigenvalue weighted by Gasteiger charge is 2.02. The van der Waals surface area contributed by atoms with E-state index in [0.717, 1.165) is 0 Å². The van der Waals surface area contributed by atoms with Gasteiger partial charge in [-0.15, -0.1) is 0 Å². The van der Waals surface area contributed by atoms with E-state index in [1.165, 1.54) is 13.2 Å². The fourth-order valence-corrected chi connectivity index (χ4v) is 1.11. The van der Waals surface area contributed by atoms with E-state index in [4.69, 9.17) is 17.3 Å². The second kappa shape index (κ2) is 5.35. The Bertz CT molecular complexity index is 338. The lowest BCUT2D eigenvalue weighted by Gasteiger charge is -2.05. The van der Waals surface area contributed by atoms with Crippen molar-refractivity contribution in [1.29, 1.82) is 0 Å². The highest BCUT2D eigenvalue weighted by Crippen LogP contribution is 2.12. The van der Waals surface area contributed by atoms with Gasteiger partial charge < -0.3 is 15.8 Å². The van der Waals surface area contributed by atoms with E-state index < -0.39 is 0 Å². The summed E-state index contributed by atoms with van der Waals surface area (Å²) in [4.78, 5) is 18.4. The molecule has 1 aromatic rings. The Hall–Kier alpha value is -1.56. The normalized spacial score (nSPS) is 9.73. The highest BCUT2D eigenvalue weighted by molar-refractivity contribution is 6.29. The molecule has 0 saturated heterocycles. The van der Waals surface area contributed by atoms with Crippen LogP contribution in [-0.4, -0.2) is 29.6 Å². The first-order chi connectivity index (χ1) is 7.11. The van der Waals surface area contributed by atoms with Crippen LogP contribution in [0.2, 0.25) is 5.15 Å². The van der Waals surface area contributed by atoms with Gasteiger partial charge in [0, 0.05) is 12.6 Å². The van der Waals surface area contributed by atoms with Gasteiger partial charge >= 0.3 is 5.97 Å². The summed E-state index contributed by atoms with van der Waals surface area (Å²) in [5, 5.41) is 3.13. The van der Waals surface area contributed by atoms with Gasteiger partial charge in [0.15, 0.2) is 0 Å². The maximum atomic E-state index is 10.8. The quantitative estimate of drug-likeness (QED) is 0.584. The number of hydrogen-bond acceptors (Lipinski definition) is 6. The van der Waals surface area contributed by atoms with Crippen LogP contribution in [0, 0.1) is 0 Å². The number of hydrogen-bond donors (Lipinski definition) is 2. The number of nitrogens with zero attached hydrogens (tertiary/aromatic N) is 2. The average Bonchev–Trinajstić information content (AvgIpc) is 2.16. The molecular formula is C8H11ClN4O2. The van der Waals surface area contributed by atoms with Crippen LogP contribution in [0.1, 0.15) is 6.42 Å². The number of carbonyl (C=O) groups is 1. The van der Waals surface area contributed by atoms with E-state index >= 15 is 0 Å². The second-order valence-electron chi connectivity index (χ2n) is 2.69. The van der Waals surface area contributed by atoms with Crippen molar-refractivity contribution in [3.05, 3.63) is 11.2 Å². The highest BCUT2D eigenvalue weighted by atomic mass is 35.5. The molecule has 0 aliphatic rings. The van der Waals surface area contributed by atoms with Crippen molar-refractivity contribution in [2.24, 2.45) is 0 Å². The van der Waals surface area contributed by atoms with Gasteiger partial charge in [-0.05, 0) is 0 Å². The number of esters is 1. The molecule has 7 heteroatoms. The van der Waals surface area contributed by atoms with Crippen LogP contribution < -0.4 is 11.1 Å². The number of carbonyl (C=O) groups excluding carboxylic acids is 1. The number of halogens is 1. The van der Waals surface area contributed by atoms with Gasteiger partial charge in [-0.25, -0.2) is 4.98 Å². The Kier molecular flexibility index (Phi) is 4.11. The van der Waals surface area contributed by atoms with Crippen molar-refractivity contribution in [2.45, 2.75) is 6.42 Å². The predicted octanol–water partition coefficient (Wildman–Crippen LogP) is 0.687. The first-order valence-electron chi connectivity index (χ1n) is 4.22. The minimum atomic E-state index is -0.296. The topological polar surface area (TPSA) is 90.1 Å². The molecule has 0 atom stereocenters. The van der Waals surface area contributed by atoms with Crippen LogP contribution in [0.3, 0.4) is 0 Å². The second-order valence-corrected chi connectivity index (χ2v) is 3.07. The van der Waals surface area contributed by atoms with Crippen LogP contribution >= 0.6 is 11.6 Å². The van der Waals surface area contributed by atoms with Crippen molar-refractivity contribution in [3.63, 3.8) is 0 Å². The van der Waals surface area contributed by atoms with Gasteiger partial charge in [-0.1, -0.05) is 11.6 Å². The Balaban J connectivity index is 2.47. The summed E-state index contributed by atoms with van der Waals surface area (Å²) in [5.74, 6) is 0.273. The lowest BCUT2D eigenvalue weighted by molar-refractivity contribution is -0.140. The maximum Gasteiger partial charge on any atom is 0.307 e. The number of anilines is 2. The van der Waals surface area contributed by atoms with Gasteiger partial charge in [0.2, 0.25) is 5.95 Å². The van der Waals surface area contributed by atoms with Crippen molar-refractivity contribution in [2.75, 3.05) is 24.7 Å². The SMILES string of the molecule is COC(=O)CCNc1cc(Cl)nc(N)n1. The van der Waals surface area contributed by atoms with Crippen LogP contribution in [-0.2, 0) is 9.53 Å². The van der Waals surface area contributed by atoms with Crippen LogP contribution in [0.15, 0.2) is 6.07 Å². The van der Waals surface area contributed by atoms with Gasteiger partial charge in [0.05, 0.1) is 13.5 Å². The van der Waals surface area contributed by atoms with E-state index in [2.05, 4.69) is 20.0 Å². The molecular weight excluding hydrogens is 220 g/mol. The minimum Gasteiger partial charge on any atom is -0.469 e. The Labute approximate surface area is 91.8 Å². The predicted molar refractivity (Wildman–Crippen MR) is 56.6 cm³/mol. The number of nitrogen functional groups attached to an aromatic ring is 1. The van der Waals surface area contributed by atoms with E-state index in [1.807, 2.05) is 0 Å². The van der Waals surface area contributed by atoms with E-state index in [0.29, 0.717) is 12.4 Å². The van der Waals surface area contributed by atoms with Gasteiger partial charge in [0.1, 0.15) is 11.0 Å². The molecule has 1 heterocycles. The third-order valence-electron chi connectivity index (χ3n) is 1.58. The zero-order chi connectivity index (χ0) is 11.3. The average molecular weight is 231 g/mol. The summed E-state index contributed by atoms with van der Waals surface area (Å²) in [6.45, 7) is 0.402. The molecule has 0 amide bonds. The third-order valence-corrected chi connectivity index (χ3v) is 1.77. The lowest BCUT2D eigenvalue weighted by atomic mass is 10.4. The van der Waals surface area contributed by atoms with E-state index in [-0.39, 0.29) is 23.5 Å². The number of methoxy groups -OCH3 is 1. The lowest BCUT2D eigenvalue weighted by Crippen LogP contribution is -2.11. The zero-order valence-corrected chi connectivity index (χ0v) is 8.91. The van der Waals surface area contributed by atoms with Gasteiger partial charge in [-0.2, -0.15) is 4.98 Å². The van der Waals surface area contributed by atoms with Crippen LogP contribution in [0.25, 0.3) is 0 Å². The largest absolute Gasteiger partial charge is 0.469 e. The number of aromatic nitrogens is 2. The van der Waals surface area contributed by atoms with Gasteiger partial charge in [0.25, 0.3) is 0 Å². The van der Waals surface area contributed by atoms with Crippen molar-refractivity contribution < 1.29 is 9.53 Å². The van der Waals surface area contributed by atoms with E-state index in [9.17, 15) is 4.79 Å². The summed E-state index contributed by atoms with van der Waals surface area (Å²) in [5.41, 5.74) is 5.38. The first kappa shape index (κ1) is 11.5. The number of ether oxygens (including phenoxy) is 1. The monoisotopic (exact) mass is 230 g/mol. The van der Waals surface area contributed by atoms with Crippen LogP contribution in [0.4, 0.5) is 11.8 Å². The van der Waals surface area contributed by atoms with Crippen molar-refractivity contribution in [3.8, 4) is 0 Å². The molecule has 1 aromatic heterocycles. The number of nitrogens with two attached hydrogens (primary N) is 1. The third kappa shape index (κ3) is 3.99. The van der Waals surface area contributed by atoms with Gasteiger partial charge in [-0.3, -0.25) is 4.79 Å². The molecule has 0 aromatic carbocycles. The maximum absolute atomic E-state index is 10.8. The van der Waals surface area contributed by atoms with Crippen molar-refractivity contribution in [1.82, 2.24) is 9.97 Å². The smallest absolute Gasteiger partial charge is 0.307 e. The number of rotatable bonds is 4. The molecule has 6 nitrogen and oxygen atoms in total. The molecule has 0 spiro atoms. The summed E-state index contributed by atoms with van der Waals surface area (Å²) in [7, 11) is 1.34. The molecule has 0 unspecified atom stereocenters. The minimum absolute atomic E-state index is 0.0862. The Morgan fingerprint density at radius 3 is 3.00 bits per heavy atom. The van der Waals surface area contributed by atoms with Crippen molar-refractivity contribution >= 4 is 29.3 Å². The Morgan fingerprint density at radius 2 is 2.40 bits per heavy atom. The van der Waals surface area contributed by atoms with E-state index in [1.54, 1.807) is 0 Å². The zero-order valence-electron chi connectivity index (χ0n) is 8.16. The summed E-state index contributed by atoms with van der Waals surface area (Å²) in [6, 6.07) is 1.52. The molecule has 0 fully saturated rings. The Morgan fingerprint density at radius 1 is 1.67 bits per heavy atom. The fraction of sp³-hybridized carbons (Fsp3) is 0.375. The van der Waals surface area contributed by atoms with Crippen LogP contribution in [0.5, 0.6) is 0 Å². The molecule has 1 rings (SSSR count). The summed E-state index contributed by atoms with van der Waals surface area (Å²) >= 11 is 5.66. The standard InChI is InChI=1S/C8H11ClN4O2/c1-15-7(14)2-3-11-6-4-5(9)12-8(10)13-6/h4H,2-3H2,1H3,(H3,10,11,12,13). The summed E-state index contributed by atoms with van der Waals surface area (Å²) < 4.78 is 4.47.